The number of aliphatic carboxylic acids is 1. The van der Waals surface area contributed by atoms with Gasteiger partial charge in [0.15, 0.2) is 0 Å². The molecule has 2 rings (SSSR count). The van der Waals surface area contributed by atoms with Crippen LogP contribution in [0.3, 0.4) is 0 Å². The summed E-state index contributed by atoms with van der Waals surface area (Å²) in [5.41, 5.74) is 3.25. The highest BCUT2D eigenvalue weighted by Crippen LogP contribution is 2.27. The summed E-state index contributed by atoms with van der Waals surface area (Å²) in [5.74, 6) is -0.923. The van der Waals surface area contributed by atoms with Crippen LogP contribution in [-0.4, -0.2) is 11.1 Å². The molecule has 0 aromatic carbocycles. The van der Waals surface area contributed by atoms with Gasteiger partial charge in [-0.15, -0.1) is 0 Å². The Kier molecular flexibility index (Phi) is 3.55. The van der Waals surface area contributed by atoms with Gasteiger partial charge in [-0.05, 0) is 29.2 Å². The molecule has 0 fully saturated rings. The maximum atomic E-state index is 10.5. The molecule has 0 bridgehead atoms. The van der Waals surface area contributed by atoms with Gasteiger partial charge >= 0.3 is 5.97 Å². The lowest BCUT2D eigenvalue weighted by molar-refractivity contribution is -0.131. The monoisotopic (exact) mass is 225 g/mol. The molecule has 0 unspecified atom stereocenters. The number of carboxylic acids is 1. The Labute approximate surface area is 101 Å². The van der Waals surface area contributed by atoms with Gasteiger partial charge in [0.2, 0.25) is 0 Å². The highest BCUT2D eigenvalue weighted by atomic mass is 16.4. The molecule has 2 aliphatic rings. The minimum absolute atomic E-state index is 0.833. The Morgan fingerprint density at radius 1 is 1.24 bits per heavy atom. The van der Waals surface area contributed by atoms with Crippen LogP contribution in [0.1, 0.15) is 6.42 Å². The molecule has 0 amide bonds. The van der Waals surface area contributed by atoms with Crippen molar-refractivity contribution in [3.63, 3.8) is 0 Å². The Morgan fingerprint density at radius 3 is 2.82 bits per heavy atom. The number of hydrogen-bond acceptors (Lipinski definition) is 1. The zero-order valence-corrected chi connectivity index (χ0v) is 9.34. The van der Waals surface area contributed by atoms with Gasteiger partial charge in [-0.3, -0.25) is 0 Å². The highest BCUT2D eigenvalue weighted by molar-refractivity contribution is 5.81. The molecule has 17 heavy (non-hydrogen) atoms. The molecule has 0 spiro atoms. The molecule has 0 aliphatic heterocycles. The maximum absolute atomic E-state index is 10.5. The second kappa shape index (κ2) is 5.30. The van der Waals surface area contributed by atoms with Crippen LogP contribution in [0.5, 0.6) is 0 Å². The molecule has 1 radical (unpaired) electrons. The largest absolute Gasteiger partial charge is 0.478 e. The Bertz CT molecular complexity index is 497. The quantitative estimate of drug-likeness (QED) is 0.733. The second-order valence-electron chi connectivity index (χ2n) is 3.77. The van der Waals surface area contributed by atoms with Crippen molar-refractivity contribution in [3.8, 4) is 0 Å². The van der Waals surface area contributed by atoms with E-state index >= 15 is 0 Å². The second-order valence-corrected chi connectivity index (χ2v) is 3.77. The first-order valence-corrected chi connectivity index (χ1v) is 5.47. The van der Waals surface area contributed by atoms with Crippen molar-refractivity contribution in [1.29, 1.82) is 0 Å². The molecule has 0 aromatic rings. The summed E-state index contributed by atoms with van der Waals surface area (Å²) in [6, 6.07) is 0. The van der Waals surface area contributed by atoms with Crippen molar-refractivity contribution in [2.75, 3.05) is 0 Å². The van der Waals surface area contributed by atoms with Crippen molar-refractivity contribution in [1.82, 2.24) is 0 Å². The molecule has 2 aliphatic carbocycles. The Hall–Kier alpha value is -2.09. The average Bonchev–Trinajstić information content (AvgIpc) is 2.38. The Balaban J connectivity index is 2.31. The summed E-state index contributed by atoms with van der Waals surface area (Å²) >= 11 is 0. The predicted octanol–water partition coefficient (Wildman–Crippen LogP) is 3.14. The first-order chi connectivity index (χ1) is 8.27. The molecule has 0 atom stereocenters. The third-order valence-electron chi connectivity index (χ3n) is 2.61. The van der Waals surface area contributed by atoms with Crippen molar-refractivity contribution in [2.45, 2.75) is 6.42 Å². The SMILES string of the molecule is O=C(O)C=CC1=CC=CCC1=C1[CH]C=CC=C1. The average molecular weight is 225 g/mol. The fourth-order valence-electron chi connectivity index (χ4n) is 1.82. The van der Waals surface area contributed by atoms with Gasteiger partial charge < -0.3 is 5.11 Å². The van der Waals surface area contributed by atoms with E-state index in [1.54, 1.807) is 6.08 Å². The molecular weight excluding hydrogens is 212 g/mol. The number of carbonyl (C=O) groups is 1. The van der Waals surface area contributed by atoms with Crippen LogP contribution in [0.15, 0.2) is 71.4 Å². The van der Waals surface area contributed by atoms with E-state index in [1.165, 1.54) is 6.08 Å². The minimum Gasteiger partial charge on any atom is -0.478 e. The zero-order chi connectivity index (χ0) is 12.1. The molecule has 0 saturated carbocycles. The fraction of sp³-hybridized carbons (Fsp3) is 0.0667. The van der Waals surface area contributed by atoms with Gasteiger partial charge in [-0.2, -0.15) is 0 Å². The molecular formula is C15H13O2. The summed E-state index contributed by atoms with van der Waals surface area (Å²) in [5, 5.41) is 8.66. The summed E-state index contributed by atoms with van der Waals surface area (Å²) in [6.07, 6.45) is 19.6. The van der Waals surface area contributed by atoms with E-state index in [9.17, 15) is 4.79 Å². The first kappa shape index (κ1) is 11.4. The third-order valence-corrected chi connectivity index (χ3v) is 2.61. The van der Waals surface area contributed by atoms with Crippen LogP contribution in [0.4, 0.5) is 0 Å². The summed E-state index contributed by atoms with van der Waals surface area (Å²) < 4.78 is 0. The van der Waals surface area contributed by atoms with E-state index in [4.69, 9.17) is 5.11 Å². The maximum Gasteiger partial charge on any atom is 0.328 e. The van der Waals surface area contributed by atoms with Gasteiger partial charge in [0, 0.05) is 12.5 Å². The highest BCUT2D eigenvalue weighted by Gasteiger charge is 2.10. The van der Waals surface area contributed by atoms with E-state index in [0.717, 1.165) is 23.1 Å². The van der Waals surface area contributed by atoms with E-state index in [-0.39, 0.29) is 0 Å². The normalized spacial score (nSPS) is 23.2. The fourth-order valence-corrected chi connectivity index (χ4v) is 1.82. The number of carboxylic acid groups (broad SMARTS) is 1. The molecule has 0 saturated heterocycles. The van der Waals surface area contributed by atoms with Crippen LogP contribution in [0.25, 0.3) is 0 Å². The number of allylic oxidation sites excluding steroid dienone is 11. The van der Waals surface area contributed by atoms with Crippen LogP contribution in [-0.2, 0) is 4.79 Å². The lowest BCUT2D eigenvalue weighted by atomic mass is 9.90. The molecule has 1 N–H and O–H groups in total. The lowest BCUT2D eigenvalue weighted by Crippen LogP contribution is -1.98. The predicted molar refractivity (Wildman–Crippen MR) is 68.2 cm³/mol. The van der Waals surface area contributed by atoms with Gasteiger partial charge in [0.25, 0.3) is 0 Å². The Morgan fingerprint density at radius 2 is 2.12 bits per heavy atom. The van der Waals surface area contributed by atoms with Crippen molar-refractivity contribution < 1.29 is 9.90 Å². The first-order valence-electron chi connectivity index (χ1n) is 5.47. The standard InChI is InChI=1S/C15H13O2/c16-15(17)11-10-13-8-4-5-9-14(13)12-6-2-1-3-7-12/h1-8,10-11H,9H2,(H,16,17). The van der Waals surface area contributed by atoms with E-state index in [1.807, 2.05) is 42.9 Å². The van der Waals surface area contributed by atoms with Crippen LogP contribution in [0, 0.1) is 6.42 Å². The van der Waals surface area contributed by atoms with E-state index in [2.05, 4.69) is 6.08 Å². The molecule has 0 aromatic heterocycles. The van der Waals surface area contributed by atoms with Gasteiger partial charge in [0.05, 0.1) is 0 Å². The summed E-state index contributed by atoms with van der Waals surface area (Å²) in [6.45, 7) is 0. The zero-order valence-electron chi connectivity index (χ0n) is 9.34. The van der Waals surface area contributed by atoms with E-state index in [0.29, 0.717) is 0 Å². The molecule has 2 heteroatoms. The molecule has 0 heterocycles. The van der Waals surface area contributed by atoms with E-state index < -0.39 is 5.97 Å². The summed E-state index contributed by atoms with van der Waals surface area (Å²) in [4.78, 5) is 10.5. The van der Waals surface area contributed by atoms with Gasteiger partial charge in [0.1, 0.15) is 0 Å². The lowest BCUT2D eigenvalue weighted by Gasteiger charge is -2.15. The van der Waals surface area contributed by atoms with Crippen LogP contribution >= 0.6 is 0 Å². The van der Waals surface area contributed by atoms with Crippen molar-refractivity contribution in [2.24, 2.45) is 0 Å². The van der Waals surface area contributed by atoms with Crippen LogP contribution < -0.4 is 0 Å². The van der Waals surface area contributed by atoms with Crippen molar-refractivity contribution >= 4 is 5.97 Å². The summed E-state index contributed by atoms with van der Waals surface area (Å²) in [7, 11) is 0. The van der Waals surface area contributed by atoms with Gasteiger partial charge in [-0.1, -0.05) is 42.5 Å². The third kappa shape index (κ3) is 2.94. The van der Waals surface area contributed by atoms with Crippen molar-refractivity contribution in [3.05, 3.63) is 77.8 Å². The molecule has 2 nitrogen and oxygen atoms in total. The molecule has 85 valence electrons. The number of hydrogen-bond donors (Lipinski definition) is 1. The smallest absolute Gasteiger partial charge is 0.328 e. The van der Waals surface area contributed by atoms with Crippen LogP contribution in [0.2, 0.25) is 0 Å². The topological polar surface area (TPSA) is 37.3 Å². The van der Waals surface area contributed by atoms with Gasteiger partial charge in [-0.25, -0.2) is 4.79 Å². The minimum atomic E-state index is -0.923. The number of rotatable bonds is 2.